The molecule has 4 heteroatoms. The monoisotopic (exact) mass is 277 g/mol. The summed E-state index contributed by atoms with van der Waals surface area (Å²) in [5.74, 6) is 0.727. The Kier molecular flexibility index (Phi) is 3.67. The highest BCUT2D eigenvalue weighted by atomic mass is 19.1. The van der Waals surface area contributed by atoms with Crippen LogP contribution < -0.4 is 10.2 Å². The van der Waals surface area contributed by atoms with E-state index in [9.17, 15) is 4.39 Å². The largest absolute Gasteiger partial charge is 0.356 e. The van der Waals surface area contributed by atoms with Gasteiger partial charge in [-0.1, -0.05) is 13.8 Å². The van der Waals surface area contributed by atoms with Crippen LogP contribution in [0.15, 0.2) is 12.3 Å². The Labute approximate surface area is 120 Å². The average Bonchev–Trinajstić information content (AvgIpc) is 3.19. The summed E-state index contributed by atoms with van der Waals surface area (Å²) in [5.41, 5.74) is 1.31. The molecule has 3 rings (SSSR count). The summed E-state index contributed by atoms with van der Waals surface area (Å²) in [6.07, 6.45) is 6.27. The maximum Gasteiger partial charge on any atom is 0.141 e. The van der Waals surface area contributed by atoms with E-state index in [-0.39, 0.29) is 5.82 Å². The van der Waals surface area contributed by atoms with Crippen molar-refractivity contribution in [1.29, 1.82) is 0 Å². The van der Waals surface area contributed by atoms with Gasteiger partial charge in [-0.3, -0.25) is 0 Å². The van der Waals surface area contributed by atoms with Crippen molar-refractivity contribution in [2.75, 3.05) is 18.0 Å². The summed E-state index contributed by atoms with van der Waals surface area (Å²) < 4.78 is 13.5. The molecule has 2 aliphatic rings. The van der Waals surface area contributed by atoms with Crippen LogP contribution in [0.5, 0.6) is 0 Å². The molecule has 1 aliphatic carbocycles. The van der Waals surface area contributed by atoms with Crippen molar-refractivity contribution in [2.24, 2.45) is 5.41 Å². The molecule has 2 fully saturated rings. The molecule has 1 aromatic rings. The highest BCUT2D eigenvalue weighted by Crippen LogP contribution is 2.32. The Balaban J connectivity index is 1.79. The summed E-state index contributed by atoms with van der Waals surface area (Å²) in [6.45, 7) is 7.35. The van der Waals surface area contributed by atoms with Gasteiger partial charge in [0.2, 0.25) is 0 Å². The zero-order valence-electron chi connectivity index (χ0n) is 12.5. The zero-order valence-corrected chi connectivity index (χ0v) is 12.5. The zero-order chi connectivity index (χ0) is 14.2. The Morgan fingerprint density at radius 3 is 2.95 bits per heavy atom. The first-order valence-corrected chi connectivity index (χ1v) is 7.66. The smallest absolute Gasteiger partial charge is 0.141 e. The highest BCUT2D eigenvalue weighted by molar-refractivity contribution is 5.47. The Hall–Kier alpha value is -1.16. The van der Waals surface area contributed by atoms with Gasteiger partial charge in [-0.05, 0) is 37.2 Å². The van der Waals surface area contributed by atoms with E-state index < -0.39 is 0 Å². The number of halogens is 1. The van der Waals surface area contributed by atoms with Crippen LogP contribution >= 0.6 is 0 Å². The summed E-state index contributed by atoms with van der Waals surface area (Å²) in [5, 5.41) is 3.47. The molecular formula is C16H24FN3. The van der Waals surface area contributed by atoms with Crippen molar-refractivity contribution in [3.63, 3.8) is 0 Å². The molecule has 0 amide bonds. The van der Waals surface area contributed by atoms with Crippen LogP contribution in [-0.4, -0.2) is 24.1 Å². The minimum Gasteiger partial charge on any atom is -0.356 e. The summed E-state index contributed by atoms with van der Waals surface area (Å²) in [4.78, 5) is 6.70. The number of hydrogen-bond donors (Lipinski definition) is 1. The SMILES string of the molecule is CC1(C)CCCN(c2ncc(F)cc2CNC2CC2)C1. The standard InChI is InChI=1S/C16H24FN3/c1-16(2)6-3-7-20(11-16)15-12(8-13(17)10-19-15)9-18-14-4-5-14/h8,10,14,18H,3-7,9,11H2,1-2H3. The van der Waals surface area contributed by atoms with Crippen molar-refractivity contribution in [1.82, 2.24) is 10.3 Å². The third-order valence-corrected chi connectivity index (χ3v) is 4.27. The molecule has 1 N–H and O–H groups in total. The average molecular weight is 277 g/mol. The summed E-state index contributed by atoms with van der Waals surface area (Å²) in [6, 6.07) is 2.27. The lowest BCUT2D eigenvalue weighted by molar-refractivity contribution is 0.291. The van der Waals surface area contributed by atoms with Gasteiger partial charge in [0.25, 0.3) is 0 Å². The van der Waals surface area contributed by atoms with E-state index in [0.717, 1.165) is 31.0 Å². The van der Waals surface area contributed by atoms with Gasteiger partial charge in [-0.15, -0.1) is 0 Å². The third kappa shape index (κ3) is 3.29. The van der Waals surface area contributed by atoms with Gasteiger partial charge < -0.3 is 10.2 Å². The molecule has 0 aromatic carbocycles. The predicted molar refractivity (Wildman–Crippen MR) is 79.3 cm³/mol. The van der Waals surface area contributed by atoms with Crippen LogP contribution in [0.3, 0.4) is 0 Å². The van der Waals surface area contributed by atoms with Gasteiger partial charge in [0, 0.05) is 31.2 Å². The maximum absolute atomic E-state index is 13.5. The van der Waals surface area contributed by atoms with Gasteiger partial charge in [0.05, 0.1) is 6.20 Å². The second-order valence-electron chi connectivity index (χ2n) is 6.98. The summed E-state index contributed by atoms with van der Waals surface area (Å²) in [7, 11) is 0. The lowest BCUT2D eigenvalue weighted by atomic mass is 9.84. The first kappa shape index (κ1) is 13.8. The number of nitrogens with zero attached hydrogens (tertiary/aromatic N) is 2. The van der Waals surface area contributed by atoms with Gasteiger partial charge in [-0.2, -0.15) is 0 Å². The fourth-order valence-corrected chi connectivity index (χ4v) is 3.03. The molecule has 20 heavy (non-hydrogen) atoms. The molecule has 1 saturated carbocycles. The molecule has 0 spiro atoms. The van der Waals surface area contributed by atoms with Crippen LogP contribution in [0, 0.1) is 11.2 Å². The number of hydrogen-bond acceptors (Lipinski definition) is 3. The Morgan fingerprint density at radius 1 is 1.45 bits per heavy atom. The molecule has 1 aromatic heterocycles. The quantitative estimate of drug-likeness (QED) is 0.916. The van der Waals surface area contributed by atoms with Crippen molar-refractivity contribution in [3.05, 3.63) is 23.6 Å². The molecule has 110 valence electrons. The van der Waals surface area contributed by atoms with E-state index >= 15 is 0 Å². The number of nitrogens with one attached hydrogen (secondary N) is 1. The van der Waals surface area contributed by atoms with Gasteiger partial charge in [0.1, 0.15) is 11.6 Å². The minimum atomic E-state index is -0.238. The molecule has 0 bridgehead atoms. The van der Waals surface area contributed by atoms with E-state index in [0.29, 0.717) is 11.5 Å². The third-order valence-electron chi connectivity index (χ3n) is 4.27. The molecule has 2 heterocycles. The van der Waals surface area contributed by atoms with E-state index in [1.165, 1.54) is 31.9 Å². The van der Waals surface area contributed by atoms with Crippen molar-refractivity contribution >= 4 is 5.82 Å². The molecule has 0 radical (unpaired) electrons. The Bertz CT molecular complexity index is 483. The van der Waals surface area contributed by atoms with Crippen LogP contribution in [0.25, 0.3) is 0 Å². The molecule has 0 atom stereocenters. The van der Waals surface area contributed by atoms with E-state index in [2.05, 4.69) is 29.0 Å². The second kappa shape index (κ2) is 5.32. The van der Waals surface area contributed by atoms with Gasteiger partial charge >= 0.3 is 0 Å². The molecule has 0 unspecified atom stereocenters. The normalized spacial score (nSPS) is 22.1. The Morgan fingerprint density at radius 2 is 2.25 bits per heavy atom. The van der Waals surface area contributed by atoms with E-state index in [1.807, 2.05) is 0 Å². The maximum atomic E-state index is 13.5. The van der Waals surface area contributed by atoms with Gasteiger partial charge in [0.15, 0.2) is 0 Å². The van der Waals surface area contributed by atoms with Crippen LogP contribution in [0.4, 0.5) is 10.2 Å². The number of piperidine rings is 1. The predicted octanol–water partition coefficient (Wildman–Crippen LogP) is 3.10. The van der Waals surface area contributed by atoms with E-state index in [1.54, 1.807) is 6.07 Å². The van der Waals surface area contributed by atoms with Crippen LogP contribution in [-0.2, 0) is 6.54 Å². The number of pyridine rings is 1. The fraction of sp³-hybridized carbons (Fsp3) is 0.688. The number of aromatic nitrogens is 1. The molecular weight excluding hydrogens is 253 g/mol. The van der Waals surface area contributed by atoms with Crippen LogP contribution in [0.2, 0.25) is 0 Å². The molecule has 3 nitrogen and oxygen atoms in total. The number of rotatable bonds is 4. The topological polar surface area (TPSA) is 28.2 Å². The first-order chi connectivity index (χ1) is 9.53. The lowest BCUT2D eigenvalue weighted by Gasteiger charge is -2.39. The van der Waals surface area contributed by atoms with Crippen molar-refractivity contribution in [3.8, 4) is 0 Å². The van der Waals surface area contributed by atoms with E-state index in [4.69, 9.17) is 0 Å². The minimum absolute atomic E-state index is 0.238. The second-order valence-corrected chi connectivity index (χ2v) is 6.98. The highest BCUT2D eigenvalue weighted by Gasteiger charge is 2.28. The van der Waals surface area contributed by atoms with Crippen LogP contribution in [0.1, 0.15) is 45.1 Å². The molecule has 1 aliphatic heterocycles. The lowest BCUT2D eigenvalue weighted by Crippen LogP contribution is -2.41. The molecule has 1 saturated heterocycles. The summed E-state index contributed by atoms with van der Waals surface area (Å²) >= 11 is 0. The van der Waals surface area contributed by atoms with Gasteiger partial charge in [-0.25, -0.2) is 9.37 Å². The first-order valence-electron chi connectivity index (χ1n) is 7.66. The van der Waals surface area contributed by atoms with Crippen molar-refractivity contribution < 1.29 is 4.39 Å². The van der Waals surface area contributed by atoms with Crippen molar-refractivity contribution in [2.45, 2.75) is 52.1 Å². The number of anilines is 1. The fourth-order valence-electron chi connectivity index (χ4n) is 3.03.